The summed E-state index contributed by atoms with van der Waals surface area (Å²) >= 11 is 7.67. The molecule has 5 nitrogen and oxygen atoms in total. The van der Waals surface area contributed by atoms with Crippen LogP contribution < -0.4 is 5.56 Å². The smallest absolute Gasteiger partial charge is 0.251 e. The Labute approximate surface area is 198 Å². The van der Waals surface area contributed by atoms with Crippen molar-refractivity contribution in [2.45, 2.75) is 12.6 Å². The van der Waals surface area contributed by atoms with Crippen molar-refractivity contribution >= 4 is 33.8 Å². The van der Waals surface area contributed by atoms with Crippen LogP contribution in [0.3, 0.4) is 0 Å². The third-order valence-electron chi connectivity index (χ3n) is 5.90. The van der Waals surface area contributed by atoms with Gasteiger partial charge in [-0.15, -0.1) is 11.3 Å². The number of hydrogen-bond donors (Lipinski definition) is 0. The van der Waals surface area contributed by atoms with E-state index in [9.17, 15) is 4.79 Å². The van der Waals surface area contributed by atoms with Crippen molar-refractivity contribution in [3.05, 3.63) is 104 Å². The lowest BCUT2D eigenvalue weighted by Gasteiger charge is -2.26. The van der Waals surface area contributed by atoms with E-state index >= 15 is 4.39 Å². The highest BCUT2D eigenvalue weighted by atomic mass is 35.5. The summed E-state index contributed by atoms with van der Waals surface area (Å²) < 4.78 is 20.4. The van der Waals surface area contributed by atoms with Gasteiger partial charge in [0.05, 0.1) is 35.6 Å². The Balaban J connectivity index is 1.83. The van der Waals surface area contributed by atoms with Crippen LogP contribution in [0.4, 0.5) is 4.39 Å². The number of aryl methyl sites for hydroxylation is 3. The van der Waals surface area contributed by atoms with E-state index in [0.29, 0.717) is 21.8 Å². The molecule has 0 aliphatic carbocycles. The van der Waals surface area contributed by atoms with Crippen molar-refractivity contribution in [2.75, 3.05) is 0 Å². The predicted molar refractivity (Wildman–Crippen MR) is 131 cm³/mol. The van der Waals surface area contributed by atoms with E-state index in [1.165, 1.54) is 10.8 Å². The van der Waals surface area contributed by atoms with E-state index in [1.54, 1.807) is 78.9 Å². The number of alkyl halides is 1. The summed E-state index contributed by atoms with van der Waals surface area (Å²) in [6.45, 7) is 2.01. The zero-order valence-electron chi connectivity index (χ0n) is 18.2. The second kappa shape index (κ2) is 7.93. The molecule has 1 atom stereocenters. The van der Waals surface area contributed by atoms with E-state index in [2.05, 4.69) is 9.97 Å². The lowest BCUT2D eigenvalue weighted by Crippen LogP contribution is -2.28. The van der Waals surface area contributed by atoms with Crippen LogP contribution in [0.1, 0.15) is 21.8 Å². The fourth-order valence-electron chi connectivity index (χ4n) is 4.12. The van der Waals surface area contributed by atoms with Gasteiger partial charge in [-0.2, -0.15) is 0 Å². The lowest BCUT2D eigenvalue weighted by molar-refractivity contribution is 0.260. The molecule has 0 saturated heterocycles. The first-order valence-corrected chi connectivity index (χ1v) is 11.5. The van der Waals surface area contributed by atoms with Gasteiger partial charge in [0.25, 0.3) is 5.56 Å². The molecule has 0 aliphatic rings. The van der Waals surface area contributed by atoms with Gasteiger partial charge in [0, 0.05) is 51.5 Å². The number of hydrogen-bond acceptors (Lipinski definition) is 4. The number of pyridine rings is 2. The first kappa shape index (κ1) is 21.6. The first-order chi connectivity index (χ1) is 15.8. The average Bonchev–Trinajstić information content (AvgIpc) is 3.44. The third kappa shape index (κ3) is 3.48. The topological polar surface area (TPSA) is 52.7 Å². The summed E-state index contributed by atoms with van der Waals surface area (Å²) in [6.07, 6.45) is 4.63. The molecular formula is C25H20ClFN4OS. The molecule has 33 heavy (non-hydrogen) atoms. The zero-order valence-corrected chi connectivity index (χ0v) is 19.8. The van der Waals surface area contributed by atoms with Gasteiger partial charge in [0.2, 0.25) is 5.67 Å². The van der Waals surface area contributed by atoms with Crippen molar-refractivity contribution in [1.29, 1.82) is 0 Å². The third-order valence-corrected chi connectivity index (χ3v) is 7.19. The molecule has 4 aromatic heterocycles. The molecule has 166 valence electrons. The molecule has 0 aliphatic heterocycles. The number of halogens is 2. The minimum atomic E-state index is -2.08. The molecule has 0 saturated carbocycles. The van der Waals surface area contributed by atoms with Crippen LogP contribution in [0.25, 0.3) is 21.3 Å². The first-order valence-electron chi connectivity index (χ1n) is 10.3. The molecule has 4 heterocycles. The van der Waals surface area contributed by atoms with Gasteiger partial charge in [-0.05, 0) is 37.3 Å². The molecule has 0 fully saturated rings. The van der Waals surface area contributed by atoms with Crippen LogP contribution in [0.15, 0.2) is 72.0 Å². The molecule has 0 bridgehead atoms. The van der Waals surface area contributed by atoms with Crippen molar-refractivity contribution in [3.63, 3.8) is 0 Å². The minimum Gasteiger partial charge on any atom is -0.334 e. The monoisotopic (exact) mass is 478 g/mol. The van der Waals surface area contributed by atoms with Gasteiger partial charge in [0.15, 0.2) is 0 Å². The maximum Gasteiger partial charge on any atom is 0.251 e. The Morgan fingerprint density at radius 1 is 1.06 bits per heavy atom. The molecule has 0 radical (unpaired) electrons. The fourth-order valence-corrected chi connectivity index (χ4v) is 5.14. The molecule has 1 aromatic carbocycles. The van der Waals surface area contributed by atoms with Gasteiger partial charge in [0.1, 0.15) is 0 Å². The van der Waals surface area contributed by atoms with Gasteiger partial charge >= 0.3 is 0 Å². The quantitative estimate of drug-likeness (QED) is 0.337. The Kier molecular flexibility index (Phi) is 5.18. The lowest BCUT2D eigenvalue weighted by atomic mass is 9.88. The van der Waals surface area contributed by atoms with E-state index in [4.69, 9.17) is 11.6 Å². The van der Waals surface area contributed by atoms with E-state index in [0.717, 1.165) is 20.7 Å². The van der Waals surface area contributed by atoms with Gasteiger partial charge < -0.3 is 9.13 Å². The van der Waals surface area contributed by atoms with Crippen LogP contribution in [-0.4, -0.2) is 19.1 Å². The zero-order chi connectivity index (χ0) is 23.3. The number of benzene rings is 1. The van der Waals surface area contributed by atoms with Crippen LogP contribution in [0.5, 0.6) is 0 Å². The summed E-state index contributed by atoms with van der Waals surface area (Å²) in [4.78, 5) is 23.4. The Morgan fingerprint density at radius 3 is 2.45 bits per heavy atom. The number of nitrogens with zero attached hydrogens (tertiary/aromatic N) is 4. The molecular weight excluding hydrogens is 459 g/mol. The van der Waals surface area contributed by atoms with E-state index < -0.39 is 5.67 Å². The highest BCUT2D eigenvalue weighted by Crippen LogP contribution is 2.42. The number of aromatic nitrogens is 4. The Hall–Kier alpha value is -3.29. The molecule has 1 unspecified atom stereocenters. The second-order valence-corrected chi connectivity index (χ2v) is 9.73. The summed E-state index contributed by atoms with van der Waals surface area (Å²) in [5.41, 5.74) is 0.106. The minimum absolute atomic E-state index is 0.144. The molecule has 0 spiro atoms. The average molecular weight is 479 g/mol. The Morgan fingerprint density at radius 2 is 1.82 bits per heavy atom. The molecule has 5 rings (SSSR count). The predicted octanol–water partition coefficient (Wildman–Crippen LogP) is 5.62. The highest BCUT2D eigenvalue weighted by molar-refractivity contribution is 7.15. The number of rotatable bonds is 4. The van der Waals surface area contributed by atoms with E-state index in [1.807, 2.05) is 19.1 Å². The molecule has 8 heteroatoms. The van der Waals surface area contributed by atoms with Gasteiger partial charge in [-0.1, -0.05) is 23.7 Å². The Bertz CT molecular complexity index is 1550. The summed E-state index contributed by atoms with van der Waals surface area (Å²) in [7, 11) is 3.44. The van der Waals surface area contributed by atoms with Crippen molar-refractivity contribution in [3.8, 4) is 10.4 Å². The van der Waals surface area contributed by atoms with Crippen LogP contribution >= 0.6 is 22.9 Å². The van der Waals surface area contributed by atoms with Crippen molar-refractivity contribution < 1.29 is 4.39 Å². The summed E-state index contributed by atoms with van der Waals surface area (Å²) in [5, 5.41) is 1.27. The highest BCUT2D eigenvalue weighted by Gasteiger charge is 2.41. The second-order valence-electron chi connectivity index (χ2n) is 8.01. The van der Waals surface area contributed by atoms with E-state index in [-0.39, 0.29) is 11.3 Å². The SMILES string of the molecule is Cc1ccc(-c2cc(=O)n(C)c3cnc(C(F)(c4ccc(Cl)cc4)c4cncn4C)cc23)s1. The molecule has 5 aromatic rings. The standard InChI is InChI=1S/C25H20ClFN4OS/c1-15-4-9-21(33-15)19-11-24(32)31(3)20-12-29-22(10-18(19)20)25(27,23-13-28-14-30(23)2)16-5-7-17(26)8-6-16/h4-14H,1-3H3. The van der Waals surface area contributed by atoms with Crippen LogP contribution in [0, 0.1) is 6.92 Å². The van der Waals surface area contributed by atoms with Crippen molar-refractivity contribution in [2.24, 2.45) is 14.1 Å². The number of thiophene rings is 1. The molecule has 0 amide bonds. The number of fused-ring (bicyclic) bond motifs is 1. The summed E-state index contributed by atoms with van der Waals surface area (Å²) in [6, 6.07) is 14.0. The number of imidazole rings is 1. The maximum absolute atomic E-state index is 17.2. The maximum atomic E-state index is 17.2. The largest absolute Gasteiger partial charge is 0.334 e. The van der Waals surface area contributed by atoms with Crippen LogP contribution in [0.2, 0.25) is 5.02 Å². The van der Waals surface area contributed by atoms with Crippen molar-refractivity contribution in [1.82, 2.24) is 19.1 Å². The normalized spacial score (nSPS) is 13.4. The van der Waals surface area contributed by atoms with Gasteiger partial charge in [-0.3, -0.25) is 9.78 Å². The summed E-state index contributed by atoms with van der Waals surface area (Å²) in [5.74, 6) is 0. The molecule has 0 N–H and O–H groups in total. The fraction of sp³-hybridized carbons (Fsp3) is 0.160. The van der Waals surface area contributed by atoms with Gasteiger partial charge in [-0.25, -0.2) is 9.37 Å². The van der Waals surface area contributed by atoms with Crippen LogP contribution in [-0.2, 0) is 19.8 Å².